The topological polar surface area (TPSA) is 48.1 Å². The van der Waals surface area contributed by atoms with Gasteiger partial charge in [0.2, 0.25) is 0 Å². The van der Waals surface area contributed by atoms with Gasteiger partial charge in [0.05, 0.1) is 6.04 Å². The van der Waals surface area contributed by atoms with Gasteiger partial charge in [-0.2, -0.15) is 0 Å². The molecule has 1 heterocycles. The Kier molecular flexibility index (Phi) is 3.61. The zero-order valence-corrected chi connectivity index (χ0v) is 11.1. The first kappa shape index (κ1) is 12.6. The second kappa shape index (κ2) is 5.72. The highest BCUT2D eigenvalue weighted by Gasteiger charge is 2.10. The summed E-state index contributed by atoms with van der Waals surface area (Å²) in [7, 11) is 0. The lowest BCUT2D eigenvalue weighted by atomic mass is 10.0. The quantitative estimate of drug-likeness (QED) is 0.786. The maximum Gasteiger partial charge on any atom is 0.119 e. The highest BCUT2D eigenvalue weighted by atomic mass is 16.5. The van der Waals surface area contributed by atoms with E-state index in [0.717, 1.165) is 22.1 Å². The molecule has 1 aromatic heterocycles. The van der Waals surface area contributed by atoms with Crippen LogP contribution in [0.2, 0.25) is 0 Å². The molecule has 0 bridgehead atoms. The van der Waals surface area contributed by atoms with Crippen LogP contribution < -0.4 is 10.5 Å². The molecule has 0 aliphatic carbocycles. The Morgan fingerprint density at radius 1 is 1.00 bits per heavy atom. The summed E-state index contributed by atoms with van der Waals surface area (Å²) in [4.78, 5) is 4.13. The lowest BCUT2D eigenvalue weighted by Gasteiger charge is -2.15. The fourth-order valence-corrected chi connectivity index (χ4v) is 2.26. The van der Waals surface area contributed by atoms with Gasteiger partial charge in [-0.15, -0.1) is 0 Å². The van der Waals surface area contributed by atoms with Crippen LogP contribution in [-0.4, -0.2) is 11.6 Å². The molecule has 3 aromatic rings. The molecule has 2 aromatic carbocycles. The van der Waals surface area contributed by atoms with Gasteiger partial charge in [0.15, 0.2) is 0 Å². The number of hydrogen-bond donors (Lipinski definition) is 1. The number of rotatable bonds is 4. The molecule has 2 N–H and O–H groups in total. The van der Waals surface area contributed by atoms with Crippen molar-refractivity contribution >= 4 is 10.8 Å². The van der Waals surface area contributed by atoms with Crippen LogP contribution in [0.3, 0.4) is 0 Å². The molecule has 20 heavy (non-hydrogen) atoms. The molecule has 3 nitrogen and oxygen atoms in total. The molecular formula is C17H16N2O. The second-order valence-electron chi connectivity index (χ2n) is 4.67. The number of nitrogens with two attached hydrogens (primary N) is 1. The smallest absolute Gasteiger partial charge is 0.119 e. The van der Waals surface area contributed by atoms with Crippen LogP contribution in [0.15, 0.2) is 67.0 Å². The van der Waals surface area contributed by atoms with Crippen LogP contribution in [0.5, 0.6) is 5.75 Å². The normalized spacial score (nSPS) is 12.2. The van der Waals surface area contributed by atoms with E-state index < -0.39 is 0 Å². The lowest BCUT2D eigenvalue weighted by molar-refractivity contribution is 0.291. The van der Waals surface area contributed by atoms with Crippen LogP contribution in [-0.2, 0) is 0 Å². The molecule has 0 saturated heterocycles. The van der Waals surface area contributed by atoms with Gasteiger partial charge < -0.3 is 10.5 Å². The van der Waals surface area contributed by atoms with E-state index in [1.165, 1.54) is 0 Å². The average Bonchev–Trinajstić information content (AvgIpc) is 2.53. The van der Waals surface area contributed by atoms with E-state index >= 15 is 0 Å². The first-order valence-electron chi connectivity index (χ1n) is 6.60. The molecule has 0 aliphatic heterocycles. The SMILES string of the molecule is NC(COc1ccccc1)c1cccc2cnccc12. The molecule has 0 amide bonds. The van der Waals surface area contributed by atoms with Gasteiger partial charge in [-0.3, -0.25) is 4.98 Å². The van der Waals surface area contributed by atoms with Crippen molar-refractivity contribution in [2.45, 2.75) is 6.04 Å². The molecule has 3 heteroatoms. The molecule has 0 radical (unpaired) electrons. The third kappa shape index (κ3) is 2.63. The molecule has 0 saturated carbocycles. The second-order valence-corrected chi connectivity index (χ2v) is 4.67. The third-order valence-corrected chi connectivity index (χ3v) is 3.29. The van der Waals surface area contributed by atoms with E-state index in [2.05, 4.69) is 4.98 Å². The lowest BCUT2D eigenvalue weighted by Crippen LogP contribution is -2.19. The Balaban J connectivity index is 1.80. The summed E-state index contributed by atoms with van der Waals surface area (Å²) in [5.41, 5.74) is 7.35. The van der Waals surface area contributed by atoms with Crippen LogP contribution >= 0.6 is 0 Å². The van der Waals surface area contributed by atoms with E-state index in [4.69, 9.17) is 10.5 Å². The molecule has 1 atom stereocenters. The molecule has 100 valence electrons. The average molecular weight is 264 g/mol. The number of ether oxygens (including phenoxy) is 1. The van der Waals surface area contributed by atoms with Gasteiger partial charge in [0.1, 0.15) is 12.4 Å². The molecule has 1 unspecified atom stereocenters. The summed E-state index contributed by atoms with van der Waals surface area (Å²) in [5.74, 6) is 0.838. The summed E-state index contributed by atoms with van der Waals surface area (Å²) < 4.78 is 5.73. The van der Waals surface area contributed by atoms with Crippen molar-refractivity contribution < 1.29 is 4.74 Å². The first-order chi connectivity index (χ1) is 9.84. The van der Waals surface area contributed by atoms with Gasteiger partial charge in [0.25, 0.3) is 0 Å². The Morgan fingerprint density at radius 2 is 1.85 bits per heavy atom. The Labute approximate surface area is 118 Å². The van der Waals surface area contributed by atoms with Crippen LogP contribution in [0.4, 0.5) is 0 Å². The largest absolute Gasteiger partial charge is 0.492 e. The fourth-order valence-electron chi connectivity index (χ4n) is 2.26. The Morgan fingerprint density at radius 3 is 2.70 bits per heavy atom. The van der Waals surface area contributed by atoms with Gasteiger partial charge in [0, 0.05) is 17.8 Å². The fraction of sp³-hybridized carbons (Fsp3) is 0.118. The number of hydrogen-bond acceptors (Lipinski definition) is 3. The van der Waals surface area contributed by atoms with Gasteiger partial charge in [-0.25, -0.2) is 0 Å². The number of nitrogens with zero attached hydrogens (tertiary/aromatic N) is 1. The first-order valence-corrected chi connectivity index (χ1v) is 6.60. The predicted molar refractivity (Wildman–Crippen MR) is 80.6 cm³/mol. The summed E-state index contributed by atoms with van der Waals surface area (Å²) in [6.45, 7) is 0.450. The summed E-state index contributed by atoms with van der Waals surface area (Å²) in [6, 6.07) is 17.6. The number of para-hydroxylation sites is 1. The maximum absolute atomic E-state index is 6.26. The number of pyridine rings is 1. The van der Waals surface area contributed by atoms with Gasteiger partial charge >= 0.3 is 0 Å². The van der Waals surface area contributed by atoms with Crippen molar-refractivity contribution in [3.63, 3.8) is 0 Å². The summed E-state index contributed by atoms with van der Waals surface area (Å²) in [5, 5.41) is 2.23. The van der Waals surface area contributed by atoms with E-state index in [9.17, 15) is 0 Å². The zero-order valence-electron chi connectivity index (χ0n) is 11.1. The predicted octanol–water partition coefficient (Wildman–Crippen LogP) is 3.31. The van der Waals surface area contributed by atoms with Crippen LogP contribution in [0.1, 0.15) is 11.6 Å². The molecule has 0 spiro atoms. The monoisotopic (exact) mass is 264 g/mol. The van der Waals surface area contributed by atoms with Crippen molar-refractivity contribution in [1.82, 2.24) is 4.98 Å². The van der Waals surface area contributed by atoms with E-state index in [1.807, 2.05) is 60.8 Å². The highest BCUT2D eigenvalue weighted by molar-refractivity contribution is 5.85. The summed E-state index contributed by atoms with van der Waals surface area (Å²) in [6.07, 6.45) is 3.64. The van der Waals surface area contributed by atoms with E-state index in [0.29, 0.717) is 6.61 Å². The van der Waals surface area contributed by atoms with Gasteiger partial charge in [-0.05, 0) is 29.1 Å². The van der Waals surface area contributed by atoms with Crippen molar-refractivity contribution in [2.75, 3.05) is 6.61 Å². The standard InChI is InChI=1S/C17H16N2O/c18-17(12-20-14-6-2-1-3-7-14)16-8-4-5-13-11-19-10-9-15(13)16/h1-11,17H,12,18H2. The van der Waals surface area contributed by atoms with Crippen LogP contribution in [0.25, 0.3) is 10.8 Å². The van der Waals surface area contributed by atoms with Crippen molar-refractivity contribution in [3.8, 4) is 5.75 Å². The maximum atomic E-state index is 6.26. The summed E-state index contributed by atoms with van der Waals surface area (Å²) >= 11 is 0. The zero-order chi connectivity index (χ0) is 13.8. The number of benzene rings is 2. The minimum Gasteiger partial charge on any atom is -0.492 e. The Hall–Kier alpha value is -2.39. The minimum atomic E-state index is -0.165. The number of fused-ring (bicyclic) bond motifs is 1. The number of aromatic nitrogens is 1. The third-order valence-electron chi connectivity index (χ3n) is 3.29. The van der Waals surface area contributed by atoms with Crippen molar-refractivity contribution in [1.29, 1.82) is 0 Å². The molecule has 3 rings (SSSR count). The molecular weight excluding hydrogens is 248 g/mol. The molecule has 0 fully saturated rings. The van der Waals surface area contributed by atoms with Crippen molar-refractivity contribution in [3.05, 3.63) is 72.6 Å². The Bertz CT molecular complexity index is 692. The van der Waals surface area contributed by atoms with Crippen molar-refractivity contribution in [2.24, 2.45) is 5.73 Å². The van der Waals surface area contributed by atoms with Crippen LogP contribution in [0, 0.1) is 0 Å². The van der Waals surface area contributed by atoms with E-state index in [-0.39, 0.29) is 6.04 Å². The minimum absolute atomic E-state index is 0.165. The molecule has 0 aliphatic rings. The highest BCUT2D eigenvalue weighted by Crippen LogP contribution is 2.23. The van der Waals surface area contributed by atoms with E-state index in [1.54, 1.807) is 6.20 Å². The van der Waals surface area contributed by atoms with Gasteiger partial charge in [-0.1, -0.05) is 36.4 Å².